The summed E-state index contributed by atoms with van der Waals surface area (Å²) in [6, 6.07) is 0. The molecule has 0 aromatic heterocycles. The zero-order chi connectivity index (χ0) is 10.1. The second kappa shape index (κ2) is 3.29. The molecular weight excluding hydrogens is 184 g/mol. The average molecular weight is 194 g/mol. The van der Waals surface area contributed by atoms with Gasteiger partial charge in [0.2, 0.25) is 0 Å². The molecule has 2 rings (SSSR count). The Bertz CT molecular complexity index is 340. The van der Waals surface area contributed by atoms with Crippen molar-refractivity contribution in [2.75, 3.05) is 13.7 Å². The van der Waals surface area contributed by atoms with Crippen LogP contribution >= 0.6 is 0 Å². The van der Waals surface area contributed by atoms with E-state index >= 15 is 0 Å². The molecule has 0 radical (unpaired) electrons. The summed E-state index contributed by atoms with van der Waals surface area (Å²) in [6.07, 6.45) is 5.13. The van der Waals surface area contributed by atoms with Gasteiger partial charge < -0.3 is 9.47 Å². The third-order valence-corrected chi connectivity index (χ3v) is 2.53. The molecule has 4 nitrogen and oxygen atoms in total. The smallest absolute Gasteiger partial charge is 0.334 e. The first kappa shape index (κ1) is 8.99. The molecular formula is C10H10O4. The minimum Gasteiger partial charge on any atom is -0.469 e. The van der Waals surface area contributed by atoms with Gasteiger partial charge in [0.15, 0.2) is 0 Å². The van der Waals surface area contributed by atoms with Gasteiger partial charge in [-0.15, -0.1) is 0 Å². The second-order valence-corrected chi connectivity index (χ2v) is 3.26. The first-order valence-corrected chi connectivity index (χ1v) is 4.37. The third kappa shape index (κ3) is 1.23. The number of fused-ring (bicyclic) bond motifs is 1. The van der Waals surface area contributed by atoms with Crippen LogP contribution in [0.25, 0.3) is 0 Å². The van der Waals surface area contributed by atoms with Crippen molar-refractivity contribution in [3.05, 3.63) is 23.8 Å². The summed E-state index contributed by atoms with van der Waals surface area (Å²) < 4.78 is 9.52. The molecule has 0 unspecified atom stereocenters. The fourth-order valence-corrected chi connectivity index (χ4v) is 1.77. The number of carbonyl (C=O) groups excluding carboxylic acids is 2. The molecule has 1 fully saturated rings. The van der Waals surface area contributed by atoms with Crippen LogP contribution in [-0.2, 0) is 19.1 Å². The van der Waals surface area contributed by atoms with Gasteiger partial charge in [0, 0.05) is 11.5 Å². The van der Waals surface area contributed by atoms with Crippen LogP contribution in [-0.4, -0.2) is 25.7 Å². The van der Waals surface area contributed by atoms with E-state index < -0.39 is 0 Å². The second-order valence-electron chi connectivity index (χ2n) is 3.26. The number of rotatable bonds is 1. The van der Waals surface area contributed by atoms with Crippen LogP contribution in [0.4, 0.5) is 0 Å². The van der Waals surface area contributed by atoms with Crippen molar-refractivity contribution in [2.24, 2.45) is 11.8 Å². The minimum absolute atomic E-state index is 0.167. The van der Waals surface area contributed by atoms with E-state index in [1.165, 1.54) is 7.11 Å². The number of ether oxygens (including phenoxy) is 2. The van der Waals surface area contributed by atoms with Crippen molar-refractivity contribution in [3.63, 3.8) is 0 Å². The van der Waals surface area contributed by atoms with Gasteiger partial charge in [-0.1, -0.05) is 18.2 Å². The summed E-state index contributed by atoms with van der Waals surface area (Å²) in [4.78, 5) is 22.5. The maximum absolute atomic E-state index is 11.3. The van der Waals surface area contributed by atoms with Crippen molar-refractivity contribution in [3.8, 4) is 0 Å². The first-order chi connectivity index (χ1) is 6.74. The molecule has 14 heavy (non-hydrogen) atoms. The third-order valence-electron chi connectivity index (χ3n) is 2.53. The van der Waals surface area contributed by atoms with Gasteiger partial charge in [-0.3, -0.25) is 4.79 Å². The lowest BCUT2D eigenvalue weighted by molar-refractivity contribution is -0.145. The first-order valence-electron chi connectivity index (χ1n) is 4.37. The van der Waals surface area contributed by atoms with Crippen molar-refractivity contribution >= 4 is 11.9 Å². The van der Waals surface area contributed by atoms with Crippen LogP contribution in [0.1, 0.15) is 0 Å². The maximum atomic E-state index is 11.3. The molecule has 0 spiro atoms. The monoisotopic (exact) mass is 194 g/mol. The highest BCUT2D eigenvalue weighted by atomic mass is 16.5. The number of esters is 2. The van der Waals surface area contributed by atoms with Crippen LogP contribution in [0.15, 0.2) is 23.8 Å². The molecule has 0 aromatic carbocycles. The number of cyclic esters (lactones) is 1. The van der Waals surface area contributed by atoms with Gasteiger partial charge in [-0.05, 0) is 0 Å². The molecule has 0 amide bonds. The number of methoxy groups -OCH3 is 1. The minimum atomic E-state index is -0.383. The molecule has 2 aliphatic rings. The van der Waals surface area contributed by atoms with Crippen LogP contribution in [0, 0.1) is 11.8 Å². The van der Waals surface area contributed by atoms with Gasteiger partial charge in [-0.2, -0.15) is 0 Å². The molecule has 0 saturated carbocycles. The van der Waals surface area contributed by atoms with Crippen molar-refractivity contribution in [1.82, 2.24) is 0 Å². The lowest BCUT2D eigenvalue weighted by Gasteiger charge is -2.18. The van der Waals surface area contributed by atoms with E-state index in [1.54, 1.807) is 18.2 Å². The SMILES string of the molecule is COC(=O)[C@@H]1C=CC=C2C(=O)OC[C@H]21. The van der Waals surface area contributed by atoms with Crippen LogP contribution in [0.3, 0.4) is 0 Å². The van der Waals surface area contributed by atoms with Gasteiger partial charge in [0.25, 0.3) is 0 Å². The molecule has 0 aromatic rings. The number of carbonyl (C=O) groups is 2. The summed E-state index contributed by atoms with van der Waals surface area (Å²) in [5.41, 5.74) is 0.572. The average Bonchev–Trinajstić information content (AvgIpc) is 2.59. The highest BCUT2D eigenvalue weighted by molar-refractivity contribution is 5.93. The fourth-order valence-electron chi connectivity index (χ4n) is 1.77. The van der Waals surface area contributed by atoms with E-state index in [1.807, 2.05) is 0 Å². The number of hydrogen-bond donors (Lipinski definition) is 0. The Morgan fingerprint density at radius 1 is 1.64 bits per heavy atom. The Balaban J connectivity index is 2.25. The highest BCUT2D eigenvalue weighted by Gasteiger charge is 2.40. The zero-order valence-electron chi connectivity index (χ0n) is 7.73. The normalized spacial score (nSPS) is 29.2. The summed E-state index contributed by atoms with van der Waals surface area (Å²) in [5.74, 6) is -1.20. The topological polar surface area (TPSA) is 52.6 Å². The summed E-state index contributed by atoms with van der Waals surface area (Å²) in [5, 5.41) is 0. The van der Waals surface area contributed by atoms with Crippen LogP contribution in [0.5, 0.6) is 0 Å². The van der Waals surface area contributed by atoms with Crippen LogP contribution in [0.2, 0.25) is 0 Å². The Hall–Kier alpha value is -1.58. The molecule has 1 heterocycles. The van der Waals surface area contributed by atoms with E-state index in [9.17, 15) is 9.59 Å². The maximum Gasteiger partial charge on any atom is 0.334 e. The van der Waals surface area contributed by atoms with Crippen molar-refractivity contribution < 1.29 is 19.1 Å². The summed E-state index contributed by atoms with van der Waals surface area (Å²) in [6.45, 7) is 0.273. The van der Waals surface area contributed by atoms with E-state index in [4.69, 9.17) is 4.74 Å². The fraction of sp³-hybridized carbons (Fsp3) is 0.400. The molecule has 0 N–H and O–H groups in total. The van der Waals surface area contributed by atoms with Crippen molar-refractivity contribution in [2.45, 2.75) is 0 Å². The van der Waals surface area contributed by atoms with Gasteiger partial charge in [-0.25, -0.2) is 4.79 Å². The Morgan fingerprint density at radius 3 is 3.14 bits per heavy atom. The summed E-state index contributed by atoms with van der Waals surface area (Å²) >= 11 is 0. The Labute approximate surface area is 81.2 Å². The van der Waals surface area contributed by atoms with Gasteiger partial charge in [0.1, 0.15) is 0 Å². The molecule has 1 aliphatic carbocycles. The predicted octanol–water partition coefficient (Wildman–Crippen LogP) is 0.445. The molecule has 2 atom stereocenters. The van der Waals surface area contributed by atoms with E-state index in [2.05, 4.69) is 4.74 Å². The lowest BCUT2D eigenvalue weighted by Crippen LogP contribution is -2.26. The van der Waals surface area contributed by atoms with E-state index in [0.717, 1.165) is 0 Å². The van der Waals surface area contributed by atoms with Gasteiger partial charge in [0.05, 0.1) is 19.6 Å². The number of allylic oxidation sites excluding steroid dienone is 2. The summed E-state index contributed by atoms with van der Waals surface area (Å²) in [7, 11) is 1.34. The molecule has 4 heteroatoms. The molecule has 1 aliphatic heterocycles. The van der Waals surface area contributed by atoms with E-state index in [-0.39, 0.29) is 30.4 Å². The van der Waals surface area contributed by atoms with Crippen molar-refractivity contribution in [1.29, 1.82) is 0 Å². The standard InChI is InChI=1S/C10H10O4/c1-13-9(11)6-3-2-4-7-8(6)5-14-10(7)12/h2-4,6,8H,5H2,1H3/t6-,8+/m1/s1. The largest absolute Gasteiger partial charge is 0.469 e. The molecule has 74 valence electrons. The van der Waals surface area contributed by atoms with Crippen LogP contribution < -0.4 is 0 Å². The Morgan fingerprint density at radius 2 is 2.43 bits per heavy atom. The lowest BCUT2D eigenvalue weighted by atomic mass is 9.84. The predicted molar refractivity (Wildman–Crippen MR) is 47.2 cm³/mol. The zero-order valence-corrected chi connectivity index (χ0v) is 7.73. The highest BCUT2D eigenvalue weighted by Crippen LogP contribution is 2.32. The number of hydrogen-bond acceptors (Lipinski definition) is 4. The van der Waals surface area contributed by atoms with E-state index in [0.29, 0.717) is 5.57 Å². The quantitative estimate of drug-likeness (QED) is 0.568. The molecule has 0 bridgehead atoms. The molecule has 1 saturated heterocycles. The Kier molecular flexibility index (Phi) is 2.11. The van der Waals surface area contributed by atoms with Gasteiger partial charge >= 0.3 is 11.9 Å².